The quantitative estimate of drug-likeness (QED) is 0.604. The number of ether oxygens (including phenoxy) is 2. The molecule has 1 aromatic heterocycles. The second-order valence-electron chi connectivity index (χ2n) is 6.31. The molecule has 0 saturated heterocycles. The van der Waals surface area contributed by atoms with E-state index in [-0.39, 0.29) is 23.7 Å². The van der Waals surface area contributed by atoms with Crippen LogP contribution in [0.3, 0.4) is 0 Å². The van der Waals surface area contributed by atoms with Crippen molar-refractivity contribution in [3.63, 3.8) is 0 Å². The van der Waals surface area contributed by atoms with E-state index in [0.29, 0.717) is 12.4 Å². The van der Waals surface area contributed by atoms with Crippen molar-refractivity contribution in [2.45, 2.75) is 27.0 Å². The summed E-state index contributed by atoms with van der Waals surface area (Å²) >= 11 is 0. The molecule has 0 aliphatic rings. The third kappa shape index (κ3) is 5.54. The smallest absolute Gasteiger partial charge is 0.387 e. The zero-order valence-corrected chi connectivity index (χ0v) is 16.1. The van der Waals surface area contributed by atoms with Gasteiger partial charge in [-0.2, -0.15) is 13.9 Å². The Hall–Kier alpha value is -3.42. The van der Waals surface area contributed by atoms with Crippen LogP contribution in [-0.2, 0) is 6.54 Å². The molecule has 0 unspecified atom stereocenters. The first-order valence-electron chi connectivity index (χ1n) is 9.06. The zero-order valence-electron chi connectivity index (χ0n) is 16.1. The predicted octanol–water partition coefficient (Wildman–Crippen LogP) is 4.49. The molecule has 1 N–H and O–H groups in total. The number of carbonyl (C=O) groups is 1. The van der Waals surface area contributed by atoms with E-state index in [1.165, 1.54) is 18.2 Å². The molecule has 6 nitrogen and oxygen atoms in total. The van der Waals surface area contributed by atoms with Gasteiger partial charge in [-0.05, 0) is 37.6 Å². The Morgan fingerprint density at radius 3 is 2.72 bits per heavy atom. The first-order chi connectivity index (χ1) is 13.9. The molecule has 0 radical (unpaired) electrons. The third-order valence-electron chi connectivity index (χ3n) is 4.03. The normalized spacial score (nSPS) is 10.8. The first kappa shape index (κ1) is 20.3. The van der Waals surface area contributed by atoms with E-state index < -0.39 is 12.5 Å². The van der Waals surface area contributed by atoms with Crippen LogP contribution in [0.15, 0.2) is 54.7 Å². The van der Waals surface area contributed by atoms with E-state index in [1.807, 2.05) is 25.1 Å². The molecule has 0 fully saturated rings. The first-order valence-corrected chi connectivity index (χ1v) is 9.06. The highest BCUT2D eigenvalue weighted by Gasteiger charge is 2.15. The second kappa shape index (κ2) is 9.18. The standard InChI is InChI=1S/C21H21F2N3O3/c1-3-28-18-12-16(7-8-17(18)29-21(22)23)20(27)24-19-9-10-26(25-19)13-15-6-4-5-14(2)11-15/h4-12,21H,3,13H2,1-2H3,(H,24,25,27). The highest BCUT2D eigenvalue weighted by molar-refractivity contribution is 6.04. The summed E-state index contributed by atoms with van der Waals surface area (Å²) in [7, 11) is 0. The summed E-state index contributed by atoms with van der Waals surface area (Å²) in [6, 6.07) is 13.8. The monoisotopic (exact) mass is 401 g/mol. The van der Waals surface area contributed by atoms with Gasteiger partial charge in [-0.1, -0.05) is 29.8 Å². The van der Waals surface area contributed by atoms with E-state index >= 15 is 0 Å². The van der Waals surface area contributed by atoms with Crippen molar-refractivity contribution >= 4 is 11.7 Å². The van der Waals surface area contributed by atoms with E-state index in [1.54, 1.807) is 23.9 Å². The SMILES string of the molecule is CCOc1cc(C(=O)Nc2ccn(Cc3cccc(C)c3)n2)ccc1OC(F)F. The van der Waals surface area contributed by atoms with Crippen molar-refractivity contribution < 1.29 is 23.0 Å². The van der Waals surface area contributed by atoms with E-state index in [2.05, 4.69) is 21.2 Å². The number of anilines is 1. The minimum absolute atomic E-state index is 0.0745. The van der Waals surface area contributed by atoms with Crippen molar-refractivity contribution in [3.8, 4) is 11.5 Å². The summed E-state index contributed by atoms with van der Waals surface area (Å²) < 4.78 is 36.4. The van der Waals surface area contributed by atoms with E-state index in [0.717, 1.165) is 11.1 Å². The highest BCUT2D eigenvalue weighted by atomic mass is 19.3. The third-order valence-corrected chi connectivity index (χ3v) is 4.03. The molecule has 0 bridgehead atoms. The second-order valence-corrected chi connectivity index (χ2v) is 6.31. The Labute approximate surface area is 167 Å². The maximum atomic E-state index is 12.5. The van der Waals surface area contributed by atoms with Gasteiger partial charge in [0.25, 0.3) is 5.91 Å². The molecule has 3 rings (SSSR count). The van der Waals surface area contributed by atoms with E-state index in [9.17, 15) is 13.6 Å². The Bertz CT molecular complexity index is 989. The van der Waals surface area contributed by atoms with Crippen LogP contribution in [0.1, 0.15) is 28.4 Å². The van der Waals surface area contributed by atoms with Gasteiger partial charge in [0.15, 0.2) is 17.3 Å². The lowest BCUT2D eigenvalue weighted by Gasteiger charge is -2.12. The van der Waals surface area contributed by atoms with Gasteiger partial charge in [0.2, 0.25) is 0 Å². The topological polar surface area (TPSA) is 65.4 Å². The molecule has 1 heterocycles. The van der Waals surface area contributed by atoms with Crippen molar-refractivity contribution in [2.75, 3.05) is 11.9 Å². The Morgan fingerprint density at radius 2 is 2.00 bits per heavy atom. The minimum atomic E-state index is -2.98. The zero-order chi connectivity index (χ0) is 20.8. The number of rotatable bonds is 8. The molecular formula is C21H21F2N3O3. The number of carbonyl (C=O) groups excluding carboxylic acids is 1. The molecule has 0 aliphatic carbocycles. The molecule has 29 heavy (non-hydrogen) atoms. The van der Waals surface area contributed by atoms with Crippen molar-refractivity contribution in [3.05, 3.63) is 71.4 Å². The molecule has 3 aromatic rings. The van der Waals surface area contributed by atoms with Crippen LogP contribution in [-0.4, -0.2) is 28.9 Å². The van der Waals surface area contributed by atoms with Gasteiger partial charge in [-0.25, -0.2) is 0 Å². The lowest BCUT2D eigenvalue weighted by atomic mass is 10.1. The van der Waals surface area contributed by atoms with E-state index in [4.69, 9.17) is 4.74 Å². The average molecular weight is 401 g/mol. The molecule has 0 atom stereocenters. The van der Waals surface area contributed by atoms with Crippen LogP contribution >= 0.6 is 0 Å². The minimum Gasteiger partial charge on any atom is -0.490 e. The Balaban J connectivity index is 1.70. The Kier molecular flexibility index (Phi) is 6.43. The van der Waals surface area contributed by atoms with Crippen LogP contribution in [0.25, 0.3) is 0 Å². The largest absolute Gasteiger partial charge is 0.490 e. The fraction of sp³-hybridized carbons (Fsp3) is 0.238. The Morgan fingerprint density at radius 1 is 1.17 bits per heavy atom. The number of alkyl halides is 2. The summed E-state index contributed by atoms with van der Waals surface area (Å²) in [4.78, 5) is 12.5. The number of aryl methyl sites for hydroxylation is 1. The van der Waals surface area contributed by atoms with Gasteiger partial charge in [-0.15, -0.1) is 0 Å². The molecule has 152 valence electrons. The number of nitrogens with zero attached hydrogens (tertiary/aromatic N) is 2. The van der Waals surface area contributed by atoms with Gasteiger partial charge >= 0.3 is 6.61 Å². The van der Waals surface area contributed by atoms with Crippen molar-refractivity contribution in [2.24, 2.45) is 0 Å². The number of hydrogen-bond acceptors (Lipinski definition) is 4. The van der Waals surface area contributed by atoms with Gasteiger partial charge in [0.05, 0.1) is 13.2 Å². The fourth-order valence-corrected chi connectivity index (χ4v) is 2.81. The average Bonchev–Trinajstić information content (AvgIpc) is 3.09. The number of halogens is 2. The van der Waals surface area contributed by atoms with Crippen LogP contribution in [0.5, 0.6) is 11.5 Å². The van der Waals surface area contributed by atoms with Crippen LogP contribution in [0, 0.1) is 6.92 Å². The summed E-state index contributed by atoms with van der Waals surface area (Å²) in [5, 5.41) is 7.04. The van der Waals surface area contributed by atoms with Crippen molar-refractivity contribution in [1.82, 2.24) is 9.78 Å². The highest BCUT2D eigenvalue weighted by Crippen LogP contribution is 2.30. The van der Waals surface area contributed by atoms with Crippen molar-refractivity contribution in [1.29, 1.82) is 0 Å². The van der Waals surface area contributed by atoms with Crippen LogP contribution in [0.4, 0.5) is 14.6 Å². The number of aromatic nitrogens is 2. The van der Waals surface area contributed by atoms with Crippen LogP contribution < -0.4 is 14.8 Å². The molecule has 2 aromatic carbocycles. The maximum absolute atomic E-state index is 12.5. The summed E-state index contributed by atoms with van der Waals surface area (Å²) in [5.74, 6) is -0.102. The fourth-order valence-electron chi connectivity index (χ4n) is 2.81. The number of benzene rings is 2. The van der Waals surface area contributed by atoms with Gasteiger partial charge in [0, 0.05) is 17.8 Å². The summed E-state index contributed by atoms with van der Waals surface area (Å²) in [5.41, 5.74) is 2.50. The van der Waals surface area contributed by atoms with Gasteiger partial charge < -0.3 is 14.8 Å². The van der Waals surface area contributed by atoms with Gasteiger partial charge in [-0.3, -0.25) is 9.48 Å². The molecule has 0 saturated carbocycles. The summed E-state index contributed by atoms with van der Waals surface area (Å²) in [6.07, 6.45) is 1.77. The molecular weight excluding hydrogens is 380 g/mol. The van der Waals surface area contributed by atoms with Crippen LogP contribution in [0.2, 0.25) is 0 Å². The predicted molar refractivity (Wildman–Crippen MR) is 105 cm³/mol. The summed E-state index contributed by atoms with van der Waals surface area (Å²) in [6.45, 7) is 1.57. The molecule has 0 aliphatic heterocycles. The van der Waals surface area contributed by atoms with Gasteiger partial charge in [0.1, 0.15) is 0 Å². The molecule has 0 spiro atoms. The lowest BCUT2D eigenvalue weighted by Crippen LogP contribution is -2.13. The maximum Gasteiger partial charge on any atom is 0.387 e. The molecule has 1 amide bonds. The number of amides is 1. The lowest BCUT2D eigenvalue weighted by molar-refractivity contribution is -0.0514. The number of nitrogens with one attached hydrogen (secondary N) is 1. The number of hydrogen-bond donors (Lipinski definition) is 1. The molecule has 8 heteroatoms.